The summed E-state index contributed by atoms with van der Waals surface area (Å²) in [7, 11) is 0. The fraction of sp³-hybridized carbons (Fsp3) is 0.400. The van der Waals surface area contributed by atoms with E-state index in [1.165, 1.54) is 31.2 Å². The van der Waals surface area contributed by atoms with Gasteiger partial charge in [0.15, 0.2) is 5.65 Å². The Morgan fingerprint density at radius 3 is 2.89 bits per heavy atom. The Bertz CT molecular complexity index is 1150. The van der Waals surface area contributed by atoms with Crippen LogP contribution in [0.5, 0.6) is 0 Å². The Labute approximate surface area is 156 Å². The molecular formula is C20H21N7. The van der Waals surface area contributed by atoms with Crippen molar-refractivity contribution in [3.05, 3.63) is 36.4 Å². The van der Waals surface area contributed by atoms with Gasteiger partial charge in [-0.15, -0.1) is 0 Å². The standard InChI is InChI=1S/C20H21N7/c1-11(12-2-3-12)24-20-22-9-16-15(8-21-18(16)26-20)17-6-7-27-19(25-17)14(10-23-27)13-4-5-13/h6-13H,2-5H2,1H3,(H2,21,22,24,26)/t11-/m1/s1. The topological polar surface area (TPSA) is 83.8 Å². The number of anilines is 1. The van der Waals surface area contributed by atoms with Crippen molar-refractivity contribution in [1.82, 2.24) is 29.5 Å². The molecule has 2 saturated carbocycles. The summed E-state index contributed by atoms with van der Waals surface area (Å²) in [4.78, 5) is 17.4. The molecule has 7 heteroatoms. The van der Waals surface area contributed by atoms with Gasteiger partial charge >= 0.3 is 0 Å². The maximum absolute atomic E-state index is 4.90. The average Bonchev–Trinajstić information content (AvgIpc) is 3.61. The van der Waals surface area contributed by atoms with Crippen LogP contribution in [0, 0.1) is 5.92 Å². The maximum Gasteiger partial charge on any atom is 0.224 e. The van der Waals surface area contributed by atoms with Crippen molar-refractivity contribution in [2.24, 2.45) is 5.92 Å². The van der Waals surface area contributed by atoms with E-state index in [2.05, 4.69) is 32.3 Å². The molecule has 27 heavy (non-hydrogen) atoms. The lowest BCUT2D eigenvalue weighted by Gasteiger charge is -2.12. The number of fused-ring (bicyclic) bond motifs is 2. The Morgan fingerprint density at radius 1 is 1.19 bits per heavy atom. The molecule has 0 saturated heterocycles. The quantitative estimate of drug-likeness (QED) is 0.567. The molecule has 0 bridgehead atoms. The third-order valence-electron chi connectivity index (χ3n) is 5.81. The van der Waals surface area contributed by atoms with E-state index >= 15 is 0 Å². The number of H-pyrrole nitrogens is 1. The Morgan fingerprint density at radius 2 is 2.07 bits per heavy atom. The van der Waals surface area contributed by atoms with Gasteiger partial charge in [0.2, 0.25) is 5.95 Å². The van der Waals surface area contributed by atoms with Crippen LogP contribution in [0.2, 0.25) is 0 Å². The van der Waals surface area contributed by atoms with Crippen molar-refractivity contribution in [2.45, 2.75) is 44.6 Å². The molecular weight excluding hydrogens is 338 g/mol. The minimum absolute atomic E-state index is 0.420. The first-order valence-corrected chi connectivity index (χ1v) is 9.71. The summed E-state index contributed by atoms with van der Waals surface area (Å²) in [5.41, 5.74) is 5.00. The first kappa shape index (κ1) is 15.1. The van der Waals surface area contributed by atoms with Crippen LogP contribution in [0.1, 0.15) is 44.1 Å². The fourth-order valence-corrected chi connectivity index (χ4v) is 3.83. The number of hydrogen-bond donors (Lipinski definition) is 2. The van der Waals surface area contributed by atoms with Gasteiger partial charge in [-0.3, -0.25) is 0 Å². The van der Waals surface area contributed by atoms with Crippen LogP contribution < -0.4 is 5.32 Å². The highest BCUT2D eigenvalue weighted by Crippen LogP contribution is 2.41. The normalized spacial score (nSPS) is 18.3. The molecule has 4 heterocycles. The fourth-order valence-electron chi connectivity index (χ4n) is 3.83. The van der Waals surface area contributed by atoms with Crippen molar-refractivity contribution in [2.75, 3.05) is 5.32 Å². The Balaban J connectivity index is 1.38. The summed E-state index contributed by atoms with van der Waals surface area (Å²) >= 11 is 0. The molecule has 0 unspecified atom stereocenters. The van der Waals surface area contributed by atoms with Crippen LogP contribution >= 0.6 is 0 Å². The van der Waals surface area contributed by atoms with Gasteiger partial charge in [0.25, 0.3) is 0 Å². The first-order valence-electron chi connectivity index (χ1n) is 9.71. The molecule has 2 aliphatic carbocycles. The lowest BCUT2D eigenvalue weighted by molar-refractivity contribution is 0.687. The van der Waals surface area contributed by atoms with E-state index in [0.29, 0.717) is 17.9 Å². The molecule has 0 amide bonds. The molecule has 6 rings (SSSR count). The molecule has 0 aliphatic heterocycles. The molecule has 2 fully saturated rings. The van der Waals surface area contributed by atoms with Crippen LogP contribution in [-0.4, -0.2) is 35.6 Å². The van der Waals surface area contributed by atoms with Crippen LogP contribution in [-0.2, 0) is 0 Å². The van der Waals surface area contributed by atoms with Gasteiger partial charge in [0.1, 0.15) is 5.65 Å². The van der Waals surface area contributed by atoms with Gasteiger partial charge in [0, 0.05) is 41.1 Å². The van der Waals surface area contributed by atoms with E-state index in [-0.39, 0.29) is 0 Å². The van der Waals surface area contributed by atoms with Crippen molar-refractivity contribution in [3.8, 4) is 11.3 Å². The summed E-state index contributed by atoms with van der Waals surface area (Å²) in [5, 5.41) is 8.85. The third kappa shape index (κ3) is 2.57. The molecule has 0 radical (unpaired) electrons. The maximum atomic E-state index is 4.90. The van der Waals surface area contributed by atoms with Gasteiger partial charge in [-0.1, -0.05) is 0 Å². The smallest absolute Gasteiger partial charge is 0.224 e. The highest BCUT2D eigenvalue weighted by atomic mass is 15.2. The summed E-state index contributed by atoms with van der Waals surface area (Å²) in [6.07, 6.45) is 12.9. The number of aromatic amines is 1. The Kier molecular flexibility index (Phi) is 3.09. The number of rotatable bonds is 5. The molecule has 1 atom stereocenters. The van der Waals surface area contributed by atoms with E-state index in [9.17, 15) is 0 Å². The van der Waals surface area contributed by atoms with E-state index < -0.39 is 0 Å². The molecule has 2 N–H and O–H groups in total. The zero-order chi connectivity index (χ0) is 18.0. The lowest BCUT2D eigenvalue weighted by Crippen LogP contribution is -2.18. The van der Waals surface area contributed by atoms with Gasteiger partial charge in [-0.05, 0) is 50.5 Å². The van der Waals surface area contributed by atoms with Gasteiger partial charge in [0.05, 0.1) is 11.9 Å². The predicted octanol–water partition coefficient (Wildman–Crippen LogP) is 3.76. The van der Waals surface area contributed by atoms with Crippen LogP contribution in [0.4, 0.5) is 5.95 Å². The monoisotopic (exact) mass is 359 g/mol. The summed E-state index contributed by atoms with van der Waals surface area (Å²) < 4.78 is 1.86. The molecule has 7 nitrogen and oxygen atoms in total. The van der Waals surface area contributed by atoms with Crippen molar-refractivity contribution in [3.63, 3.8) is 0 Å². The molecule has 4 aromatic heterocycles. The van der Waals surface area contributed by atoms with E-state index in [4.69, 9.17) is 4.98 Å². The van der Waals surface area contributed by atoms with Crippen LogP contribution in [0.15, 0.2) is 30.9 Å². The largest absolute Gasteiger partial charge is 0.351 e. The minimum Gasteiger partial charge on any atom is -0.351 e. The lowest BCUT2D eigenvalue weighted by atomic mass is 10.1. The molecule has 136 valence electrons. The second kappa shape index (κ2) is 5.52. The minimum atomic E-state index is 0.420. The molecule has 0 aromatic carbocycles. The number of hydrogen-bond acceptors (Lipinski definition) is 5. The van der Waals surface area contributed by atoms with E-state index in [1.807, 2.05) is 35.4 Å². The summed E-state index contributed by atoms with van der Waals surface area (Å²) in [5.74, 6) is 2.07. The highest BCUT2D eigenvalue weighted by molar-refractivity contribution is 5.92. The molecule has 4 aromatic rings. The second-order valence-electron chi connectivity index (χ2n) is 7.88. The van der Waals surface area contributed by atoms with Crippen molar-refractivity contribution in [1.29, 1.82) is 0 Å². The summed E-state index contributed by atoms with van der Waals surface area (Å²) in [6.45, 7) is 2.20. The van der Waals surface area contributed by atoms with Crippen molar-refractivity contribution < 1.29 is 0 Å². The Hall–Kier alpha value is -2.96. The van der Waals surface area contributed by atoms with Gasteiger partial charge in [-0.2, -0.15) is 10.1 Å². The zero-order valence-electron chi connectivity index (χ0n) is 15.2. The van der Waals surface area contributed by atoms with Gasteiger partial charge < -0.3 is 10.3 Å². The molecule has 0 spiro atoms. The zero-order valence-corrected chi connectivity index (χ0v) is 15.2. The van der Waals surface area contributed by atoms with E-state index in [0.717, 1.165) is 33.9 Å². The molecule has 2 aliphatic rings. The van der Waals surface area contributed by atoms with Crippen molar-refractivity contribution >= 4 is 22.6 Å². The highest BCUT2D eigenvalue weighted by Gasteiger charge is 2.29. The first-order chi connectivity index (χ1) is 13.3. The number of aromatic nitrogens is 6. The second-order valence-corrected chi connectivity index (χ2v) is 7.88. The van der Waals surface area contributed by atoms with Crippen LogP contribution in [0.3, 0.4) is 0 Å². The number of nitrogens with one attached hydrogen (secondary N) is 2. The average molecular weight is 359 g/mol. The third-order valence-corrected chi connectivity index (χ3v) is 5.81. The number of nitrogens with zero attached hydrogens (tertiary/aromatic N) is 5. The van der Waals surface area contributed by atoms with Gasteiger partial charge in [-0.25, -0.2) is 14.5 Å². The SMILES string of the molecule is C[C@@H](Nc1ncc2c(-c3ccn4ncc(C5CC5)c4n3)c[nH]c2n1)C1CC1. The summed E-state index contributed by atoms with van der Waals surface area (Å²) in [6, 6.07) is 2.42. The predicted molar refractivity (Wildman–Crippen MR) is 104 cm³/mol. The van der Waals surface area contributed by atoms with Crippen LogP contribution in [0.25, 0.3) is 27.9 Å². The van der Waals surface area contributed by atoms with E-state index in [1.54, 1.807) is 0 Å².